The SMILES string of the molecule is CCOc1cc(OC)c(OC)cc1C(=O)CCC(=O)O. The molecule has 0 radical (unpaired) electrons. The van der Waals surface area contributed by atoms with Gasteiger partial charge >= 0.3 is 5.97 Å². The molecule has 1 N–H and O–H groups in total. The molecule has 1 aromatic rings. The largest absolute Gasteiger partial charge is 0.493 e. The number of Topliss-reactive ketones (excluding diaryl/α,β-unsaturated/α-hetero) is 1. The lowest BCUT2D eigenvalue weighted by Gasteiger charge is -2.14. The van der Waals surface area contributed by atoms with Crippen LogP contribution in [0.15, 0.2) is 12.1 Å². The zero-order valence-corrected chi connectivity index (χ0v) is 11.8. The van der Waals surface area contributed by atoms with E-state index in [1.54, 1.807) is 13.0 Å². The highest BCUT2D eigenvalue weighted by atomic mass is 16.5. The van der Waals surface area contributed by atoms with Crippen molar-refractivity contribution in [3.05, 3.63) is 17.7 Å². The molecule has 110 valence electrons. The van der Waals surface area contributed by atoms with E-state index in [1.807, 2.05) is 0 Å². The molecule has 0 unspecified atom stereocenters. The summed E-state index contributed by atoms with van der Waals surface area (Å²) in [7, 11) is 2.95. The smallest absolute Gasteiger partial charge is 0.303 e. The predicted octanol–water partition coefficient (Wildman–Crippen LogP) is 2.15. The van der Waals surface area contributed by atoms with Gasteiger partial charge in [-0.15, -0.1) is 0 Å². The highest BCUT2D eigenvalue weighted by Gasteiger charge is 2.18. The highest BCUT2D eigenvalue weighted by molar-refractivity contribution is 6.00. The summed E-state index contributed by atoms with van der Waals surface area (Å²) >= 11 is 0. The van der Waals surface area contributed by atoms with Crippen LogP contribution >= 0.6 is 0 Å². The molecule has 6 nitrogen and oxygen atoms in total. The van der Waals surface area contributed by atoms with Crippen molar-refractivity contribution in [1.82, 2.24) is 0 Å². The molecular weight excluding hydrogens is 264 g/mol. The Balaban J connectivity index is 3.13. The standard InChI is InChI=1S/C14H18O6/c1-4-20-11-8-13(19-3)12(18-2)7-9(11)10(15)5-6-14(16)17/h7-8H,4-6H2,1-3H3,(H,16,17). The fourth-order valence-electron chi connectivity index (χ4n) is 1.71. The van der Waals surface area contributed by atoms with Crippen LogP contribution in [-0.4, -0.2) is 37.7 Å². The van der Waals surface area contributed by atoms with Crippen LogP contribution in [0.4, 0.5) is 0 Å². The van der Waals surface area contributed by atoms with E-state index in [4.69, 9.17) is 19.3 Å². The van der Waals surface area contributed by atoms with Gasteiger partial charge in [-0.1, -0.05) is 0 Å². The quantitative estimate of drug-likeness (QED) is 0.736. The maximum Gasteiger partial charge on any atom is 0.303 e. The molecular formula is C14H18O6. The van der Waals surface area contributed by atoms with E-state index < -0.39 is 5.97 Å². The Hall–Kier alpha value is -2.24. The minimum absolute atomic E-state index is 0.0924. The van der Waals surface area contributed by atoms with Crippen molar-refractivity contribution in [3.8, 4) is 17.2 Å². The third-order valence-electron chi connectivity index (χ3n) is 2.65. The number of carboxylic acid groups (broad SMARTS) is 1. The van der Waals surface area contributed by atoms with Crippen LogP contribution in [-0.2, 0) is 4.79 Å². The molecule has 0 aliphatic carbocycles. The number of methoxy groups -OCH3 is 2. The maximum atomic E-state index is 12.1. The number of ether oxygens (including phenoxy) is 3. The molecule has 0 fully saturated rings. The second-order valence-corrected chi connectivity index (χ2v) is 3.95. The summed E-state index contributed by atoms with van der Waals surface area (Å²) in [4.78, 5) is 22.6. The lowest BCUT2D eigenvalue weighted by Crippen LogP contribution is -2.07. The number of rotatable bonds is 8. The minimum Gasteiger partial charge on any atom is -0.493 e. The van der Waals surface area contributed by atoms with Crippen LogP contribution < -0.4 is 14.2 Å². The molecule has 0 saturated heterocycles. The van der Waals surface area contributed by atoms with Crippen molar-refractivity contribution in [2.45, 2.75) is 19.8 Å². The lowest BCUT2D eigenvalue weighted by molar-refractivity contribution is -0.136. The lowest BCUT2D eigenvalue weighted by atomic mass is 10.0. The second kappa shape index (κ2) is 7.37. The van der Waals surface area contributed by atoms with E-state index in [9.17, 15) is 9.59 Å². The Morgan fingerprint density at radius 2 is 1.65 bits per heavy atom. The van der Waals surface area contributed by atoms with E-state index in [1.165, 1.54) is 20.3 Å². The van der Waals surface area contributed by atoms with E-state index in [2.05, 4.69) is 0 Å². The maximum absolute atomic E-state index is 12.1. The van der Waals surface area contributed by atoms with Gasteiger partial charge in [0.1, 0.15) is 5.75 Å². The van der Waals surface area contributed by atoms with E-state index in [0.29, 0.717) is 29.4 Å². The average molecular weight is 282 g/mol. The Morgan fingerprint density at radius 1 is 1.05 bits per heavy atom. The molecule has 0 bridgehead atoms. The van der Waals surface area contributed by atoms with Crippen molar-refractivity contribution in [3.63, 3.8) is 0 Å². The molecule has 0 saturated carbocycles. The van der Waals surface area contributed by atoms with Crippen LogP contribution in [0.5, 0.6) is 17.2 Å². The second-order valence-electron chi connectivity index (χ2n) is 3.95. The number of hydrogen-bond acceptors (Lipinski definition) is 5. The number of ketones is 1. The van der Waals surface area contributed by atoms with Crippen molar-refractivity contribution < 1.29 is 28.9 Å². The first-order chi connectivity index (χ1) is 9.53. The monoisotopic (exact) mass is 282 g/mol. The van der Waals surface area contributed by atoms with Gasteiger partial charge in [0, 0.05) is 12.5 Å². The summed E-state index contributed by atoms with van der Waals surface area (Å²) in [6.07, 6.45) is -0.316. The van der Waals surface area contributed by atoms with Crippen LogP contribution in [0.3, 0.4) is 0 Å². The van der Waals surface area contributed by atoms with Crippen LogP contribution in [0.25, 0.3) is 0 Å². The van der Waals surface area contributed by atoms with Gasteiger partial charge in [-0.3, -0.25) is 9.59 Å². The number of hydrogen-bond donors (Lipinski definition) is 1. The molecule has 1 aromatic carbocycles. The van der Waals surface area contributed by atoms with E-state index in [0.717, 1.165) is 0 Å². The van der Waals surface area contributed by atoms with Gasteiger partial charge < -0.3 is 19.3 Å². The summed E-state index contributed by atoms with van der Waals surface area (Å²) in [5, 5.41) is 8.64. The molecule has 1 rings (SSSR count). The minimum atomic E-state index is -1.02. The Bertz CT molecular complexity index is 495. The number of carbonyl (C=O) groups excluding carboxylic acids is 1. The molecule has 0 amide bonds. The molecule has 0 aliphatic heterocycles. The van der Waals surface area contributed by atoms with E-state index in [-0.39, 0.29) is 18.6 Å². The number of carboxylic acids is 1. The fraction of sp³-hybridized carbons (Fsp3) is 0.429. The van der Waals surface area contributed by atoms with Gasteiger partial charge in [-0.05, 0) is 13.0 Å². The van der Waals surface area contributed by atoms with Crippen molar-refractivity contribution in [1.29, 1.82) is 0 Å². The Morgan fingerprint density at radius 3 is 2.15 bits per heavy atom. The van der Waals surface area contributed by atoms with Gasteiger partial charge in [-0.2, -0.15) is 0 Å². The Kier molecular flexibility index (Phi) is 5.83. The van der Waals surface area contributed by atoms with Crippen molar-refractivity contribution in [2.24, 2.45) is 0 Å². The average Bonchev–Trinajstić information content (AvgIpc) is 2.44. The molecule has 0 aromatic heterocycles. The molecule has 20 heavy (non-hydrogen) atoms. The first kappa shape index (κ1) is 15.8. The van der Waals surface area contributed by atoms with Gasteiger partial charge in [0.05, 0.1) is 32.8 Å². The normalized spacial score (nSPS) is 9.95. The molecule has 0 spiro atoms. The molecule has 0 atom stereocenters. The van der Waals surface area contributed by atoms with E-state index >= 15 is 0 Å². The molecule has 0 heterocycles. The summed E-state index contributed by atoms with van der Waals surface area (Å²) in [6.45, 7) is 2.18. The summed E-state index contributed by atoms with van der Waals surface area (Å²) in [5.74, 6) is -0.116. The van der Waals surface area contributed by atoms with Crippen LogP contribution in [0.1, 0.15) is 30.1 Å². The van der Waals surface area contributed by atoms with Gasteiger partial charge in [-0.25, -0.2) is 0 Å². The molecule has 0 aliphatic rings. The number of aliphatic carboxylic acids is 1. The number of benzene rings is 1. The van der Waals surface area contributed by atoms with Crippen LogP contribution in [0, 0.1) is 0 Å². The zero-order chi connectivity index (χ0) is 15.1. The van der Waals surface area contributed by atoms with Gasteiger partial charge in [0.25, 0.3) is 0 Å². The number of carbonyl (C=O) groups is 2. The molecule has 6 heteroatoms. The van der Waals surface area contributed by atoms with Gasteiger partial charge in [0.2, 0.25) is 0 Å². The van der Waals surface area contributed by atoms with Crippen LogP contribution in [0.2, 0.25) is 0 Å². The Labute approximate surface area is 117 Å². The third kappa shape index (κ3) is 3.88. The predicted molar refractivity (Wildman–Crippen MR) is 71.9 cm³/mol. The summed E-state index contributed by atoms with van der Waals surface area (Å²) < 4.78 is 15.7. The van der Waals surface area contributed by atoms with Gasteiger partial charge in [0.15, 0.2) is 17.3 Å². The topological polar surface area (TPSA) is 82.1 Å². The first-order valence-corrected chi connectivity index (χ1v) is 6.17. The van der Waals surface area contributed by atoms with Crippen molar-refractivity contribution in [2.75, 3.05) is 20.8 Å². The first-order valence-electron chi connectivity index (χ1n) is 6.17. The fourth-order valence-corrected chi connectivity index (χ4v) is 1.71. The highest BCUT2D eigenvalue weighted by Crippen LogP contribution is 2.35. The zero-order valence-electron chi connectivity index (χ0n) is 11.8. The summed E-state index contributed by atoms with van der Waals surface area (Å²) in [5.41, 5.74) is 0.297. The summed E-state index contributed by atoms with van der Waals surface area (Å²) in [6, 6.07) is 3.07. The van der Waals surface area contributed by atoms with Crippen molar-refractivity contribution >= 4 is 11.8 Å². The third-order valence-corrected chi connectivity index (χ3v) is 2.65.